The highest BCUT2D eigenvalue weighted by Crippen LogP contribution is 2.31. The number of para-hydroxylation sites is 1. The van der Waals surface area contributed by atoms with Crippen LogP contribution in [0.3, 0.4) is 0 Å². The van der Waals surface area contributed by atoms with Crippen LogP contribution in [0.5, 0.6) is 0 Å². The first-order valence-electron chi connectivity index (χ1n) is 8.26. The van der Waals surface area contributed by atoms with Gasteiger partial charge in [-0.1, -0.05) is 6.07 Å². The zero-order valence-corrected chi connectivity index (χ0v) is 13.3. The monoisotopic (exact) mass is 307 g/mol. The summed E-state index contributed by atoms with van der Waals surface area (Å²) in [7, 11) is 0. The molecule has 2 saturated heterocycles. The van der Waals surface area contributed by atoms with Crippen LogP contribution in [0, 0.1) is 11.7 Å². The molecule has 4 nitrogen and oxygen atoms in total. The molecule has 2 aliphatic rings. The van der Waals surface area contributed by atoms with Crippen molar-refractivity contribution >= 4 is 11.4 Å². The SMILES string of the molecule is CC1COCCN1CC1CCN(c2c(N)cccc2F)CC1. The van der Waals surface area contributed by atoms with Crippen LogP contribution in [0.4, 0.5) is 15.8 Å². The van der Waals surface area contributed by atoms with Gasteiger partial charge in [-0.25, -0.2) is 4.39 Å². The molecule has 0 spiro atoms. The van der Waals surface area contributed by atoms with Crippen LogP contribution in [0.1, 0.15) is 19.8 Å². The quantitative estimate of drug-likeness (QED) is 0.871. The number of nitrogens with zero attached hydrogens (tertiary/aromatic N) is 2. The third-order valence-corrected chi connectivity index (χ3v) is 4.95. The van der Waals surface area contributed by atoms with Gasteiger partial charge in [0.1, 0.15) is 5.82 Å². The summed E-state index contributed by atoms with van der Waals surface area (Å²) in [6.07, 6.45) is 2.19. The smallest absolute Gasteiger partial charge is 0.148 e. The lowest BCUT2D eigenvalue weighted by Gasteiger charge is -2.39. The van der Waals surface area contributed by atoms with E-state index in [4.69, 9.17) is 10.5 Å². The highest BCUT2D eigenvalue weighted by molar-refractivity contribution is 5.68. The van der Waals surface area contributed by atoms with E-state index >= 15 is 0 Å². The summed E-state index contributed by atoms with van der Waals surface area (Å²) in [5.41, 5.74) is 7.08. The second-order valence-electron chi connectivity index (χ2n) is 6.53. The Morgan fingerprint density at radius 2 is 2.05 bits per heavy atom. The van der Waals surface area contributed by atoms with Gasteiger partial charge in [0.2, 0.25) is 0 Å². The summed E-state index contributed by atoms with van der Waals surface area (Å²) in [6.45, 7) is 7.84. The lowest BCUT2D eigenvalue weighted by atomic mass is 9.95. The molecule has 2 fully saturated rings. The van der Waals surface area contributed by atoms with Crippen molar-refractivity contribution in [2.45, 2.75) is 25.8 Å². The molecule has 1 aromatic rings. The molecule has 2 aliphatic heterocycles. The van der Waals surface area contributed by atoms with Crippen molar-refractivity contribution in [1.29, 1.82) is 0 Å². The molecule has 0 aromatic heterocycles. The van der Waals surface area contributed by atoms with E-state index in [9.17, 15) is 4.39 Å². The number of nitrogen functional groups attached to an aromatic ring is 1. The number of benzene rings is 1. The molecule has 0 bridgehead atoms. The topological polar surface area (TPSA) is 41.7 Å². The van der Waals surface area contributed by atoms with E-state index < -0.39 is 0 Å². The number of rotatable bonds is 3. The first kappa shape index (κ1) is 15.6. The van der Waals surface area contributed by atoms with Gasteiger partial charge in [0, 0.05) is 32.2 Å². The maximum atomic E-state index is 14.0. The van der Waals surface area contributed by atoms with Gasteiger partial charge in [-0.3, -0.25) is 4.90 Å². The van der Waals surface area contributed by atoms with Crippen molar-refractivity contribution in [2.24, 2.45) is 5.92 Å². The number of anilines is 2. The van der Waals surface area contributed by atoms with Crippen LogP contribution in [0.2, 0.25) is 0 Å². The van der Waals surface area contributed by atoms with Crippen LogP contribution in [-0.4, -0.2) is 50.3 Å². The summed E-state index contributed by atoms with van der Waals surface area (Å²) in [6, 6.07) is 5.45. The number of halogens is 1. The number of nitrogens with two attached hydrogens (primary N) is 1. The standard InChI is InChI=1S/C17H26FN3O/c1-13-12-22-10-9-21(13)11-14-5-7-20(8-6-14)17-15(18)3-2-4-16(17)19/h2-4,13-14H,5-12,19H2,1H3. The molecule has 0 radical (unpaired) electrons. The summed E-state index contributed by atoms with van der Waals surface area (Å²) in [5, 5.41) is 0. The molecule has 3 rings (SSSR count). The van der Waals surface area contributed by atoms with Crippen LogP contribution in [-0.2, 0) is 4.74 Å². The maximum absolute atomic E-state index is 14.0. The van der Waals surface area contributed by atoms with Crippen molar-refractivity contribution in [2.75, 3.05) is 50.0 Å². The lowest BCUT2D eigenvalue weighted by molar-refractivity contribution is -0.00873. The van der Waals surface area contributed by atoms with Gasteiger partial charge in [0.15, 0.2) is 0 Å². The average molecular weight is 307 g/mol. The second-order valence-corrected chi connectivity index (χ2v) is 6.53. The van der Waals surface area contributed by atoms with Crippen molar-refractivity contribution < 1.29 is 9.13 Å². The van der Waals surface area contributed by atoms with Gasteiger partial charge < -0.3 is 15.4 Å². The highest BCUT2D eigenvalue weighted by Gasteiger charge is 2.26. The number of hydrogen-bond donors (Lipinski definition) is 1. The molecular weight excluding hydrogens is 281 g/mol. The van der Waals surface area contributed by atoms with Crippen LogP contribution >= 0.6 is 0 Å². The van der Waals surface area contributed by atoms with E-state index in [1.165, 1.54) is 6.07 Å². The number of ether oxygens (including phenoxy) is 1. The van der Waals surface area contributed by atoms with E-state index in [-0.39, 0.29) is 5.82 Å². The second kappa shape index (κ2) is 6.84. The van der Waals surface area contributed by atoms with E-state index in [1.807, 2.05) is 0 Å². The Balaban J connectivity index is 1.56. The van der Waals surface area contributed by atoms with Gasteiger partial charge in [-0.2, -0.15) is 0 Å². The molecule has 0 aliphatic carbocycles. The fraction of sp³-hybridized carbons (Fsp3) is 0.647. The minimum Gasteiger partial charge on any atom is -0.397 e. The summed E-state index contributed by atoms with van der Waals surface area (Å²) < 4.78 is 19.5. The highest BCUT2D eigenvalue weighted by atomic mass is 19.1. The third kappa shape index (κ3) is 3.36. The van der Waals surface area contributed by atoms with E-state index in [0.29, 0.717) is 23.3 Å². The Hall–Kier alpha value is -1.33. The molecule has 1 aromatic carbocycles. The maximum Gasteiger partial charge on any atom is 0.148 e. The Morgan fingerprint density at radius 1 is 1.27 bits per heavy atom. The van der Waals surface area contributed by atoms with Crippen molar-refractivity contribution in [1.82, 2.24) is 4.90 Å². The Bertz CT molecular complexity index is 482. The van der Waals surface area contributed by atoms with Crippen molar-refractivity contribution in [3.05, 3.63) is 24.0 Å². The van der Waals surface area contributed by atoms with Crippen molar-refractivity contribution in [3.8, 4) is 0 Å². The summed E-state index contributed by atoms with van der Waals surface area (Å²) >= 11 is 0. The van der Waals surface area contributed by atoms with E-state index in [1.54, 1.807) is 12.1 Å². The molecule has 1 atom stereocenters. The largest absolute Gasteiger partial charge is 0.397 e. The molecular formula is C17H26FN3O. The molecule has 2 N–H and O–H groups in total. The molecule has 122 valence electrons. The van der Waals surface area contributed by atoms with Crippen LogP contribution in [0.15, 0.2) is 18.2 Å². The van der Waals surface area contributed by atoms with E-state index in [0.717, 1.165) is 52.2 Å². The molecule has 22 heavy (non-hydrogen) atoms. The van der Waals surface area contributed by atoms with Gasteiger partial charge in [-0.05, 0) is 37.8 Å². The summed E-state index contributed by atoms with van der Waals surface area (Å²) in [4.78, 5) is 4.63. The Kier molecular flexibility index (Phi) is 4.84. The van der Waals surface area contributed by atoms with Crippen LogP contribution in [0.25, 0.3) is 0 Å². The predicted octanol–water partition coefficient (Wildman–Crippen LogP) is 2.34. The van der Waals surface area contributed by atoms with Crippen LogP contribution < -0.4 is 10.6 Å². The fourth-order valence-electron chi connectivity index (χ4n) is 3.57. The minimum atomic E-state index is -0.208. The molecule has 0 amide bonds. The van der Waals surface area contributed by atoms with E-state index in [2.05, 4.69) is 16.7 Å². The van der Waals surface area contributed by atoms with Gasteiger partial charge in [-0.15, -0.1) is 0 Å². The number of piperidine rings is 1. The first-order chi connectivity index (χ1) is 10.6. The summed E-state index contributed by atoms with van der Waals surface area (Å²) in [5.74, 6) is 0.477. The zero-order valence-electron chi connectivity index (χ0n) is 13.3. The zero-order chi connectivity index (χ0) is 15.5. The van der Waals surface area contributed by atoms with Gasteiger partial charge in [0.05, 0.1) is 24.6 Å². The van der Waals surface area contributed by atoms with Crippen molar-refractivity contribution in [3.63, 3.8) is 0 Å². The molecule has 1 unspecified atom stereocenters. The fourth-order valence-corrected chi connectivity index (χ4v) is 3.57. The lowest BCUT2D eigenvalue weighted by Crippen LogP contribution is -2.47. The molecule has 5 heteroatoms. The first-order valence-corrected chi connectivity index (χ1v) is 8.26. The number of morpholine rings is 1. The Morgan fingerprint density at radius 3 is 2.73 bits per heavy atom. The average Bonchev–Trinajstić information content (AvgIpc) is 2.51. The predicted molar refractivity (Wildman–Crippen MR) is 87.6 cm³/mol. The third-order valence-electron chi connectivity index (χ3n) is 4.95. The van der Waals surface area contributed by atoms with Gasteiger partial charge >= 0.3 is 0 Å². The Labute approximate surface area is 132 Å². The number of hydrogen-bond acceptors (Lipinski definition) is 4. The molecule has 0 saturated carbocycles. The van der Waals surface area contributed by atoms with Gasteiger partial charge in [0.25, 0.3) is 0 Å². The normalized spacial score (nSPS) is 24.6. The minimum absolute atomic E-state index is 0.208. The molecule has 2 heterocycles.